The molecule has 0 bridgehead atoms. The Kier molecular flexibility index (Phi) is 7.17. The number of para-hydroxylation sites is 4. The van der Waals surface area contributed by atoms with Crippen LogP contribution >= 0.6 is 0 Å². The van der Waals surface area contributed by atoms with Crippen LogP contribution in [0.2, 0.25) is 0 Å². The van der Waals surface area contributed by atoms with E-state index in [4.69, 9.17) is 4.42 Å². The topological polar surface area (TPSA) is 21.3 Å². The second kappa shape index (κ2) is 12.6. The molecule has 0 unspecified atom stereocenters. The third-order valence-electron chi connectivity index (χ3n) is 11.0. The lowest BCUT2D eigenvalue weighted by Crippen LogP contribution is -2.11. The third kappa shape index (κ3) is 5.13. The predicted octanol–water partition coefficient (Wildman–Crippen LogP) is 14.6. The highest BCUT2D eigenvalue weighted by atomic mass is 16.3. The van der Waals surface area contributed by atoms with Crippen LogP contribution in [0.15, 0.2) is 211 Å². The van der Waals surface area contributed by atoms with Gasteiger partial charge in [0.15, 0.2) is 0 Å². The van der Waals surface area contributed by atoms with Crippen molar-refractivity contribution < 1.29 is 4.42 Å². The molecule has 0 N–H and O–H groups in total. The van der Waals surface area contributed by atoms with Crippen LogP contribution in [0.1, 0.15) is 0 Å². The van der Waals surface area contributed by atoms with Gasteiger partial charge in [-0.25, -0.2) is 0 Å². The molecule has 258 valence electrons. The first kappa shape index (κ1) is 31.2. The fourth-order valence-corrected chi connectivity index (χ4v) is 8.42. The number of aromatic nitrogens is 1. The number of hydrogen-bond donors (Lipinski definition) is 0. The van der Waals surface area contributed by atoms with Gasteiger partial charge in [0.05, 0.1) is 16.7 Å². The Bertz CT molecular complexity index is 3180. The van der Waals surface area contributed by atoms with E-state index in [0.29, 0.717) is 0 Å². The van der Waals surface area contributed by atoms with Crippen LogP contribution in [0, 0.1) is 0 Å². The number of hydrogen-bond acceptors (Lipinski definition) is 2. The van der Waals surface area contributed by atoms with Crippen LogP contribution in [0.4, 0.5) is 17.1 Å². The Morgan fingerprint density at radius 1 is 0.382 bits per heavy atom. The summed E-state index contributed by atoms with van der Waals surface area (Å²) in [4.78, 5) is 2.40. The Morgan fingerprint density at radius 3 is 1.75 bits per heavy atom. The van der Waals surface area contributed by atoms with Crippen LogP contribution in [-0.4, -0.2) is 4.57 Å². The van der Waals surface area contributed by atoms with Crippen molar-refractivity contribution >= 4 is 71.6 Å². The number of rotatable bonds is 6. The summed E-state index contributed by atoms with van der Waals surface area (Å²) in [5.41, 5.74) is 13.3. The molecule has 0 aliphatic heterocycles. The Balaban J connectivity index is 1.07. The molecule has 3 heteroatoms. The van der Waals surface area contributed by atoms with Gasteiger partial charge in [-0.15, -0.1) is 0 Å². The molecule has 9 aromatic carbocycles. The Hall–Kier alpha value is -7.36. The van der Waals surface area contributed by atoms with Crippen molar-refractivity contribution in [1.29, 1.82) is 0 Å². The predicted molar refractivity (Wildman–Crippen MR) is 231 cm³/mol. The van der Waals surface area contributed by atoms with E-state index in [1.807, 2.05) is 12.1 Å². The van der Waals surface area contributed by atoms with E-state index >= 15 is 0 Å². The zero-order valence-electron chi connectivity index (χ0n) is 29.9. The molecule has 0 saturated carbocycles. The summed E-state index contributed by atoms with van der Waals surface area (Å²) in [6.07, 6.45) is 0. The van der Waals surface area contributed by atoms with E-state index in [2.05, 4.69) is 204 Å². The van der Waals surface area contributed by atoms with Gasteiger partial charge in [-0.3, -0.25) is 0 Å². The monoisotopic (exact) mass is 702 g/mol. The summed E-state index contributed by atoms with van der Waals surface area (Å²) in [6, 6.07) is 74.0. The molecule has 0 saturated heterocycles. The van der Waals surface area contributed by atoms with Crippen LogP contribution < -0.4 is 4.90 Å². The smallest absolute Gasteiger partial charge is 0.136 e. The number of furan rings is 1. The van der Waals surface area contributed by atoms with Crippen molar-refractivity contribution in [3.8, 4) is 27.9 Å². The summed E-state index contributed by atoms with van der Waals surface area (Å²) < 4.78 is 8.59. The third-order valence-corrected chi connectivity index (χ3v) is 11.0. The average molecular weight is 703 g/mol. The first-order valence-corrected chi connectivity index (χ1v) is 18.8. The first-order chi connectivity index (χ1) is 27.3. The van der Waals surface area contributed by atoms with Crippen LogP contribution in [-0.2, 0) is 0 Å². The molecule has 3 nitrogen and oxygen atoms in total. The average Bonchev–Trinajstić information content (AvgIpc) is 3.81. The number of benzene rings is 9. The molecule has 0 radical (unpaired) electrons. The van der Waals surface area contributed by atoms with E-state index < -0.39 is 0 Å². The zero-order valence-corrected chi connectivity index (χ0v) is 29.9. The SMILES string of the molecule is c1ccc(-c2ccc(N(c3ccc(-c4ccc5c(ccc6oc7ccccc7c65)c4)cc3)c3cccc4c5ccccc5n(-c5ccccc5)c34)cc2)cc1. The molecular formula is C52H34N2O. The summed E-state index contributed by atoms with van der Waals surface area (Å²) in [5.74, 6) is 0. The molecule has 0 atom stereocenters. The number of nitrogens with zero attached hydrogens (tertiary/aromatic N) is 2. The maximum atomic E-state index is 6.18. The van der Waals surface area contributed by atoms with Crippen LogP contribution in [0.3, 0.4) is 0 Å². The number of fused-ring (bicyclic) bond motifs is 8. The van der Waals surface area contributed by atoms with Gasteiger partial charge in [-0.2, -0.15) is 0 Å². The minimum atomic E-state index is 0.920. The molecule has 0 fully saturated rings. The fourth-order valence-electron chi connectivity index (χ4n) is 8.42. The van der Waals surface area contributed by atoms with Gasteiger partial charge in [0, 0.05) is 38.6 Å². The van der Waals surface area contributed by atoms with E-state index in [1.54, 1.807) is 0 Å². The van der Waals surface area contributed by atoms with Gasteiger partial charge in [-0.1, -0.05) is 140 Å². The van der Waals surface area contributed by atoms with Gasteiger partial charge in [0.2, 0.25) is 0 Å². The normalized spacial score (nSPS) is 11.6. The standard InChI is InChI=1S/C52H34N2O/c1-3-12-35(13-4-1)36-22-28-41(29-23-36)53(48-20-11-18-45-44-16-7-9-19-47(44)54(52(45)48)40-14-5-2-6-15-40)42-30-24-37(25-31-42)38-26-32-43-39(34-38)27-33-50-51(43)46-17-8-10-21-49(46)55-50/h1-34H. The minimum Gasteiger partial charge on any atom is -0.456 e. The lowest BCUT2D eigenvalue weighted by Gasteiger charge is -2.27. The highest BCUT2D eigenvalue weighted by Gasteiger charge is 2.21. The first-order valence-electron chi connectivity index (χ1n) is 18.8. The number of anilines is 3. The summed E-state index contributed by atoms with van der Waals surface area (Å²) in [6.45, 7) is 0. The quantitative estimate of drug-likeness (QED) is 0.172. The highest BCUT2D eigenvalue weighted by Crippen LogP contribution is 2.44. The van der Waals surface area contributed by atoms with Gasteiger partial charge in [0.25, 0.3) is 0 Å². The van der Waals surface area contributed by atoms with Gasteiger partial charge in [-0.05, 0) is 99.8 Å². The largest absolute Gasteiger partial charge is 0.456 e. The van der Waals surface area contributed by atoms with Crippen LogP contribution in [0.5, 0.6) is 0 Å². The molecule has 0 amide bonds. The molecule has 11 aromatic rings. The van der Waals surface area contributed by atoms with E-state index in [9.17, 15) is 0 Å². The highest BCUT2D eigenvalue weighted by molar-refractivity contribution is 6.19. The second-order valence-electron chi connectivity index (χ2n) is 14.1. The maximum Gasteiger partial charge on any atom is 0.136 e. The molecule has 0 aliphatic rings. The maximum absolute atomic E-state index is 6.18. The van der Waals surface area contributed by atoms with E-state index in [0.717, 1.165) is 39.3 Å². The van der Waals surface area contributed by atoms with Crippen molar-refractivity contribution in [3.63, 3.8) is 0 Å². The lowest BCUT2D eigenvalue weighted by atomic mass is 9.98. The molecule has 2 aromatic heterocycles. The Morgan fingerprint density at radius 2 is 0.982 bits per heavy atom. The van der Waals surface area contributed by atoms with Gasteiger partial charge in [0.1, 0.15) is 11.2 Å². The zero-order chi connectivity index (χ0) is 36.3. The van der Waals surface area contributed by atoms with Gasteiger partial charge >= 0.3 is 0 Å². The molecule has 11 rings (SSSR count). The lowest BCUT2D eigenvalue weighted by molar-refractivity contribution is 0.669. The van der Waals surface area contributed by atoms with Crippen molar-refractivity contribution in [2.24, 2.45) is 0 Å². The molecule has 0 spiro atoms. The van der Waals surface area contributed by atoms with Crippen LogP contribution in [0.25, 0.3) is 82.5 Å². The van der Waals surface area contributed by atoms with Gasteiger partial charge < -0.3 is 13.9 Å². The molecule has 55 heavy (non-hydrogen) atoms. The van der Waals surface area contributed by atoms with Crippen molar-refractivity contribution in [2.45, 2.75) is 0 Å². The second-order valence-corrected chi connectivity index (χ2v) is 14.1. The van der Waals surface area contributed by atoms with Crippen molar-refractivity contribution in [2.75, 3.05) is 4.90 Å². The van der Waals surface area contributed by atoms with E-state index in [-0.39, 0.29) is 0 Å². The van der Waals surface area contributed by atoms with Crippen molar-refractivity contribution in [1.82, 2.24) is 4.57 Å². The summed E-state index contributed by atoms with van der Waals surface area (Å²) in [7, 11) is 0. The van der Waals surface area contributed by atoms with E-state index in [1.165, 1.54) is 60.2 Å². The fraction of sp³-hybridized carbons (Fsp3) is 0. The molecule has 0 aliphatic carbocycles. The minimum absolute atomic E-state index is 0.920. The molecule has 2 heterocycles. The Labute approximate surface area is 318 Å². The summed E-state index contributed by atoms with van der Waals surface area (Å²) in [5, 5.41) is 7.17. The molecular weight excluding hydrogens is 669 g/mol. The van der Waals surface area contributed by atoms with Crippen molar-refractivity contribution in [3.05, 3.63) is 206 Å². The summed E-state index contributed by atoms with van der Waals surface area (Å²) >= 11 is 0.